The lowest BCUT2D eigenvalue weighted by molar-refractivity contribution is 0.408. The maximum atomic E-state index is 6.28. The van der Waals surface area contributed by atoms with E-state index in [9.17, 15) is 0 Å². The van der Waals surface area contributed by atoms with Crippen LogP contribution in [0.25, 0.3) is 0 Å². The predicted octanol–water partition coefficient (Wildman–Crippen LogP) is 4.81. The molecule has 0 spiro atoms. The third-order valence-corrected chi connectivity index (χ3v) is 3.88. The molecule has 19 heavy (non-hydrogen) atoms. The van der Waals surface area contributed by atoms with Crippen LogP contribution in [0, 0.1) is 0 Å². The van der Waals surface area contributed by atoms with Gasteiger partial charge in [-0.2, -0.15) is 0 Å². The van der Waals surface area contributed by atoms with Crippen molar-refractivity contribution < 1.29 is 4.74 Å². The molecule has 100 valence electrons. The Kier molecular flexibility index (Phi) is 4.74. The summed E-state index contributed by atoms with van der Waals surface area (Å²) in [6, 6.07) is 10.6. The summed E-state index contributed by atoms with van der Waals surface area (Å²) in [7, 11) is 1.61. The van der Waals surface area contributed by atoms with E-state index in [-0.39, 0.29) is 6.04 Å². The minimum Gasteiger partial charge on any atom is -0.496 e. The van der Waals surface area contributed by atoms with Crippen molar-refractivity contribution in [2.45, 2.75) is 6.04 Å². The summed E-state index contributed by atoms with van der Waals surface area (Å²) in [5.41, 5.74) is 7.95. The van der Waals surface area contributed by atoms with Gasteiger partial charge in [0.2, 0.25) is 0 Å². The Morgan fingerprint density at radius 3 is 2.47 bits per heavy atom. The normalized spacial score (nSPS) is 12.3. The molecule has 0 bridgehead atoms. The van der Waals surface area contributed by atoms with E-state index in [4.69, 9.17) is 33.7 Å². The molecule has 0 saturated carbocycles. The second kappa shape index (κ2) is 6.14. The fourth-order valence-corrected chi connectivity index (χ4v) is 2.77. The fraction of sp³-hybridized carbons (Fsp3) is 0.143. The summed E-state index contributed by atoms with van der Waals surface area (Å²) in [6.45, 7) is 0. The zero-order chi connectivity index (χ0) is 14.0. The van der Waals surface area contributed by atoms with Crippen molar-refractivity contribution in [3.8, 4) is 5.75 Å². The second-order valence-corrected chi connectivity index (χ2v) is 5.79. The average Bonchev–Trinajstić information content (AvgIpc) is 2.38. The second-order valence-electron chi connectivity index (χ2n) is 4.03. The first-order valence-corrected chi connectivity index (χ1v) is 7.11. The topological polar surface area (TPSA) is 35.2 Å². The number of benzene rings is 2. The lowest BCUT2D eigenvalue weighted by Crippen LogP contribution is -2.13. The van der Waals surface area contributed by atoms with Gasteiger partial charge in [0.1, 0.15) is 5.75 Å². The maximum absolute atomic E-state index is 6.28. The van der Waals surface area contributed by atoms with Gasteiger partial charge in [0.25, 0.3) is 0 Å². The predicted molar refractivity (Wildman–Crippen MR) is 83.2 cm³/mol. The summed E-state index contributed by atoms with van der Waals surface area (Å²) in [5.74, 6) is 0.724. The van der Waals surface area contributed by atoms with Crippen molar-refractivity contribution in [1.82, 2.24) is 0 Å². The van der Waals surface area contributed by atoms with Crippen LogP contribution >= 0.6 is 39.1 Å². The van der Waals surface area contributed by atoms with Gasteiger partial charge in [-0.3, -0.25) is 0 Å². The van der Waals surface area contributed by atoms with Gasteiger partial charge in [0.15, 0.2) is 0 Å². The molecule has 0 saturated heterocycles. The van der Waals surface area contributed by atoms with Crippen LogP contribution in [0.4, 0.5) is 0 Å². The van der Waals surface area contributed by atoms with Crippen LogP contribution in [0.3, 0.4) is 0 Å². The molecule has 1 atom stereocenters. The molecule has 2 aromatic carbocycles. The van der Waals surface area contributed by atoms with Crippen LogP contribution < -0.4 is 10.5 Å². The lowest BCUT2D eigenvalue weighted by Gasteiger charge is -2.17. The van der Waals surface area contributed by atoms with E-state index in [0.29, 0.717) is 10.0 Å². The Labute approximate surface area is 130 Å². The number of hydrogen-bond acceptors (Lipinski definition) is 2. The number of ether oxygens (including phenoxy) is 1. The Hall–Kier alpha value is -0.740. The Balaban J connectivity index is 2.49. The third-order valence-electron chi connectivity index (χ3n) is 2.82. The summed E-state index contributed by atoms with van der Waals surface area (Å²) in [4.78, 5) is 0. The number of halogens is 3. The molecule has 0 fully saturated rings. The largest absolute Gasteiger partial charge is 0.496 e. The first-order valence-electron chi connectivity index (χ1n) is 5.57. The van der Waals surface area contributed by atoms with Crippen LogP contribution in [0.2, 0.25) is 10.0 Å². The van der Waals surface area contributed by atoms with Gasteiger partial charge in [0, 0.05) is 20.1 Å². The highest BCUT2D eigenvalue weighted by Gasteiger charge is 2.17. The van der Waals surface area contributed by atoms with Gasteiger partial charge in [-0.1, -0.05) is 45.2 Å². The molecule has 0 aliphatic heterocycles. The number of hydrogen-bond donors (Lipinski definition) is 1. The van der Waals surface area contributed by atoms with E-state index >= 15 is 0 Å². The molecule has 0 aliphatic carbocycles. The third kappa shape index (κ3) is 3.23. The number of methoxy groups -OCH3 is 1. The molecule has 0 aromatic heterocycles. The van der Waals surface area contributed by atoms with E-state index in [1.165, 1.54) is 0 Å². The van der Waals surface area contributed by atoms with Crippen LogP contribution in [0.5, 0.6) is 5.75 Å². The molecule has 0 amide bonds. The SMILES string of the molecule is COc1ccc(Br)cc1C(N)c1ccc(Cl)cc1Cl. The van der Waals surface area contributed by atoms with Crippen molar-refractivity contribution in [3.63, 3.8) is 0 Å². The summed E-state index contributed by atoms with van der Waals surface area (Å²) < 4.78 is 6.27. The quantitative estimate of drug-likeness (QED) is 0.852. The van der Waals surface area contributed by atoms with Crippen molar-refractivity contribution in [2.75, 3.05) is 7.11 Å². The minimum absolute atomic E-state index is 0.378. The van der Waals surface area contributed by atoms with Crippen molar-refractivity contribution in [2.24, 2.45) is 5.73 Å². The average molecular weight is 361 g/mol. The summed E-state index contributed by atoms with van der Waals surface area (Å²) >= 11 is 15.5. The first-order chi connectivity index (χ1) is 9.02. The smallest absolute Gasteiger partial charge is 0.124 e. The van der Waals surface area contributed by atoms with E-state index in [0.717, 1.165) is 21.3 Å². The van der Waals surface area contributed by atoms with Crippen LogP contribution in [-0.4, -0.2) is 7.11 Å². The Bertz CT molecular complexity index is 604. The van der Waals surface area contributed by atoms with Crippen LogP contribution in [-0.2, 0) is 0 Å². The minimum atomic E-state index is -0.378. The van der Waals surface area contributed by atoms with E-state index < -0.39 is 0 Å². The van der Waals surface area contributed by atoms with Gasteiger partial charge < -0.3 is 10.5 Å². The van der Waals surface area contributed by atoms with Gasteiger partial charge in [-0.05, 0) is 35.9 Å². The molecular weight excluding hydrogens is 349 g/mol. The molecule has 0 aliphatic rings. The molecule has 2 nitrogen and oxygen atoms in total. The van der Waals surface area contributed by atoms with E-state index in [2.05, 4.69) is 15.9 Å². The maximum Gasteiger partial charge on any atom is 0.124 e. The lowest BCUT2D eigenvalue weighted by atomic mass is 9.99. The molecule has 0 radical (unpaired) electrons. The Morgan fingerprint density at radius 1 is 1.11 bits per heavy atom. The van der Waals surface area contributed by atoms with Crippen molar-refractivity contribution in [3.05, 3.63) is 62.0 Å². The number of nitrogens with two attached hydrogens (primary N) is 1. The first kappa shape index (κ1) is 14.7. The molecule has 2 aromatic rings. The van der Waals surface area contributed by atoms with Gasteiger partial charge >= 0.3 is 0 Å². The molecule has 1 unspecified atom stereocenters. The van der Waals surface area contributed by atoms with Crippen molar-refractivity contribution in [1.29, 1.82) is 0 Å². The zero-order valence-corrected chi connectivity index (χ0v) is 13.3. The van der Waals surface area contributed by atoms with Crippen LogP contribution in [0.1, 0.15) is 17.2 Å². The molecule has 5 heteroatoms. The highest BCUT2D eigenvalue weighted by molar-refractivity contribution is 9.10. The van der Waals surface area contributed by atoms with E-state index in [1.54, 1.807) is 19.2 Å². The monoisotopic (exact) mass is 359 g/mol. The summed E-state index contributed by atoms with van der Waals surface area (Å²) in [5, 5.41) is 1.13. The molecule has 2 rings (SSSR count). The van der Waals surface area contributed by atoms with E-state index in [1.807, 2.05) is 24.3 Å². The number of rotatable bonds is 3. The van der Waals surface area contributed by atoms with Crippen LogP contribution in [0.15, 0.2) is 40.9 Å². The Morgan fingerprint density at radius 2 is 1.84 bits per heavy atom. The van der Waals surface area contributed by atoms with Gasteiger partial charge in [0.05, 0.1) is 13.2 Å². The zero-order valence-electron chi connectivity index (χ0n) is 10.2. The highest BCUT2D eigenvalue weighted by Crippen LogP contribution is 2.34. The molecule has 2 N–H and O–H groups in total. The van der Waals surface area contributed by atoms with Crippen molar-refractivity contribution >= 4 is 39.1 Å². The fourth-order valence-electron chi connectivity index (χ4n) is 1.87. The summed E-state index contributed by atoms with van der Waals surface area (Å²) in [6.07, 6.45) is 0. The molecular formula is C14H12BrCl2NO. The molecule has 0 heterocycles. The standard InChI is InChI=1S/C14H12BrCl2NO/c1-19-13-5-2-8(15)6-11(13)14(18)10-4-3-9(16)7-12(10)17/h2-7,14H,18H2,1H3. The highest BCUT2D eigenvalue weighted by atomic mass is 79.9. The van der Waals surface area contributed by atoms with Gasteiger partial charge in [-0.25, -0.2) is 0 Å². The van der Waals surface area contributed by atoms with Gasteiger partial charge in [-0.15, -0.1) is 0 Å².